The van der Waals surface area contributed by atoms with Crippen LogP contribution in [0, 0.1) is 0 Å². The Balaban J connectivity index is 2.40. The van der Waals surface area contributed by atoms with Gasteiger partial charge in [-0.3, -0.25) is 9.59 Å². The summed E-state index contributed by atoms with van der Waals surface area (Å²) in [5.74, 6) is -0.239. The van der Waals surface area contributed by atoms with Gasteiger partial charge in [0.1, 0.15) is 0 Å². The summed E-state index contributed by atoms with van der Waals surface area (Å²) in [6, 6.07) is 7.18. The molecule has 1 aromatic carbocycles. The molecule has 0 radical (unpaired) electrons. The molecule has 0 fully saturated rings. The maximum atomic E-state index is 11.5. The molecule has 0 saturated carbocycles. The zero-order valence-electron chi connectivity index (χ0n) is 11.2. The Morgan fingerprint density at radius 3 is 2.68 bits per heavy atom. The minimum atomic E-state index is -0.130. The van der Waals surface area contributed by atoms with Crippen LogP contribution in [-0.2, 0) is 14.3 Å². The molecule has 3 N–H and O–H groups in total. The van der Waals surface area contributed by atoms with Gasteiger partial charge in [0.25, 0.3) is 0 Å². The zero-order valence-corrected chi connectivity index (χ0v) is 11.2. The first-order chi connectivity index (χ1) is 9.11. The number of rotatable bonds is 7. The van der Waals surface area contributed by atoms with Gasteiger partial charge in [0.15, 0.2) is 0 Å². The van der Waals surface area contributed by atoms with Gasteiger partial charge >= 0.3 is 0 Å². The van der Waals surface area contributed by atoms with E-state index in [1.54, 1.807) is 25.3 Å². The van der Waals surface area contributed by atoms with Crippen LogP contribution >= 0.6 is 0 Å². The Labute approximate surface area is 112 Å². The number of benzene rings is 1. The van der Waals surface area contributed by atoms with Crippen LogP contribution in [0.5, 0.6) is 0 Å². The van der Waals surface area contributed by atoms with Crippen molar-refractivity contribution in [3.63, 3.8) is 0 Å². The number of anilines is 2. The molecular weight excluding hydrogens is 246 g/mol. The normalized spacial score (nSPS) is 9.79. The molecule has 0 spiro atoms. The number of hydrogen-bond donors (Lipinski definition) is 3. The average molecular weight is 265 g/mol. The molecule has 104 valence electrons. The van der Waals surface area contributed by atoms with Crippen LogP contribution in [0.4, 0.5) is 11.4 Å². The van der Waals surface area contributed by atoms with E-state index in [4.69, 9.17) is 4.74 Å². The molecule has 0 atom stereocenters. The standard InChI is InChI=1S/C13H19N3O3/c1-10(17)16-12-5-3-4-11(8-12)15-9-13(18)14-6-7-19-2/h3-5,8,15H,6-7,9H2,1-2H3,(H,14,18)(H,16,17). The van der Waals surface area contributed by atoms with E-state index in [0.717, 1.165) is 5.69 Å². The molecule has 1 aromatic rings. The smallest absolute Gasteiger partial charge is 0.239 e. The van der Waals surface area contributed by atoms with Crippen LogP contribution in [0.2, 0.25) is 0 Å². The largest absolute Gasteiger partial charge is 0.383 e. The summed E-state index contributed by atoms with van der Waals surface area (Å²) in [6.45, 7) is 2.60. The number of hydrogen-bond acceptors (Lipinski definition) is 4. The van der Waals surface area contributed by atoms with Crippen molar-refractivity contribution in [2.45, 2.75) is 6.92 Å². The van der Waals surface area contributed by atoms with Gasteiger partial charge in [-0.25, -0.2) is 0 Å². The highest BCUT2D eigenvalue weighted by Crippen LogP contribution is 2.14. The molecule has 6 heteroatoms. The first-order valence-electron chi connectivity index (χ1n) is 5.99. The molecule has 0 bridgehead atoms. The molecule has 0 aliphatic carbocycles. The number of carbonyl (C=O) groups is 2. The number of nitrogens with one attached hydrogen (secondary N) is 3. The molecule has 0 aromatic heterocycles. The molecule has 0 aliphatic heterocycles. The van der Waals surface area contributed by atoms with Gasteiger partial charge in [-0.2, -0.15) is 0 Å². The Morgan fingerprint density at radius 2 is 2.00 bits per heavy atom. The summed E-state index contributed by atoms with van der Waals surface area (Å²) in [7, 11) is 1.58. The first-order valence-corrected chi connectivity index (χ1v) is 5.99. The fraction of sp³-hybridized carbons (Fsp3) is 0.385. The molecule has 0 heterocycles. The summed E-state index contributed by atoms with van der Waals surface area (Å²) in [6.07, 6.45) is 0. The second kappa shape index (κ2) is 8.10. The second-order valence-corrected chi connectivity index (χ2v) is 3.96. The Kier molecular flexibility index (Phi) is 6.38. The fourth-order valence-electron chi connectivity index (χ4n) is 1.45. The average Bonchev–Trinajstić information content (AvgIpc) is 2.36. The number of carbonyl (C=O) groups excluding carboxylic acids is 2. The summed E-state index contributed by atoms with van der Waals surface area (Å²) in [5, 5.41) is 8.36. The predicted octanol–water partition coefficient (Wildman–Crippen LogP) is 0.819. The Morgan fingerprint density at radius 1 is 1.26 bits per heavy atom. The van der Waals surface area contributed by atoms with E-state index in [0.29, 0.717) is 18.8 Å². The predicted molar refractivity (Wildman–Crippen MR) is 74.1 cm³/mol. The van der Waals surface area contributed by atoms with Gasteiger partial charge in [0, 0.05) is 32.0 Å². The Hall–Kier alpha value is -2.08. The van der Waals surface area contributed by atoms with Crippen LogP contribution in [0.1, 0.15) is 6.92 Å². The topological polar surface area (TPSA) is 79.5 Å². The third-order valence-corrected chi connectivity index (χ3v) is 2.26. The third-order valence-electron chi connectivity index (χ3n) is 2.26. The molecule has 6 nitrogen and oxygen atoms in total. The highest BCUT2D eigenvalue weighted by molar-refractivity contribution is 5.89. The summed E-state index contributed by atoms with van der Waals surface area (Å²) >= 11 is 0. The van der Waals surface area contributed by atoms with Crippen LogP contribution in [0.25, 0.3) is 0 Å². The molecular formula is C13H19N3O3. The maximum Gasteiger partial charge on any atom is 0.239 e. The summed E-state index contributed by atoms with van der Waals surface area (Å²) in [5.41, 5.74) is 1.46. The van der Waals surface area contributed by atoms with Crippen molar-refractivity contribution >= 4 is 23.2 Å². The molecule has 0 aliphatic rings. The van der Waals surface area contributed by atoms with E-state index in [1.165, 1.54) is 6.92 Å². The lowest BCUT2D eigenvalue weighted by Gasteiger charge is -2.09. The van der Waals surface area contributed by atoms with Gasteiger partial charge in [0.2, 0.25) is 11.8 Å². The maximum absolute atomic E-state index is 11.5. The van der Waals surface area contributed by atoms with Crippen molar-refractivity contribution in [3.8, 4) is 0 Å². The van der Waals surface area contributed by atoms with Crippen molar-refractivity contribution in [3.05, 3.63) is 24.3 Å². The molecule has 0 saturated heterocycles. The monoisotopic (exact) mass is 265 g/mol. The van der Waals surface area contributed by atoms with E-state index in [1.807, 2.05) is 6.07 Å². The highest BCUT2D eigenvalue weighted by Gasteiger charge is 2.01. The van der Waals surface area contributed by atoms with E-state index >= 15 is 0 Å². The Bertz CT molecular complexity index is 435. The number of methoxy groups -OCH3 is 1. The number of amides is 2. The van der Waals surface area contributed by atoms with E-state index in [9.17, 15) is 9.59 Å². The number of ether oxygens (including phenoxy) is 1. The first kappa shape index (κ1) is 15.0. The van der Waals surface area contributed by atoms with Crippen molar-refractivity contribution in [1.82, 2.24) is 5.32 Å². The summed E-state index contributed by atoms with van der Waals surface area (Å²) < 4.78 is 4.83. The lowest BCUT2D eigenvalue weighted by molar-refractivity contribution is -0.119. The molecule has 2 amide bonds. The third kappa shape index (κ3) is 6.42. The molecule has 1 rings (SSSR count). The minimum absolute atomic E-state index is 0.109. The molecule has 19 heavy (non-hydrogen) atoms. The highest BCUT2D eigenvalue weighted by atomic mass is 16.5. The van der Waals surface area contributed by atoms with Crippen molar-refractivity contribution in [1.29, 1.82) is 0 Å². The van der Waals surface area contributed by atoms with Crippen LogP contribution in [0.3, 0.4) is 0 Å². The lowest BCUT2D eigenvalue weighted by atomic mass is 10.2. The van der Waals surface area contributed by atoms with E-state index in [2.05, 4.69) is 16.0 Å². The van der Waals surface area contributed by atoms with Gasteiger partial charge in [-0.15, -0.1) is 0 Å². The van der Waals surface area contributed by atoms with Crippen molar-refractivity contribution < 1.29 is 14.3 Å². The van der Waals surface area contributed by atoms with Crippen molar-refractivity contribution in [2.24, 2.45) is 0 Å². The van der Waals surface area contributed by atoms with Gasteiger partial charge in [-0.1, -0.05) is 6.07 Å². The van der Waals surface area contributed by atoms with Crippen LogP contribution in [-0.4, -0.2) is 38.6 Å². The van der Waals surface area contributed by atoms with Gasteiger partial charge < -0.3 is 20.7 Å². The van der Waals surface area contributed by atoms with Crippen LogP contribution in [0.15, 0.2) is 24.3 Å². The van der Waals surface area contributed by atoms with Crippen molar-refractivity contribution in [2.75, 3.05) is 37.4 Å². The quantitative estimate of drug-likeness (QED) is 0.638. The van der Waals surface area contributed by atoms with Crippen LogP contribution < -0.4 is 16.0 Å². The van der Waals surface area contributed by atoms with Gasteiger partial charge in [-0.05, 0) is 18.2 Å². The summed E-state index contributed by atoms with van der Waals surface area (Å²) in [4.78, 5) is 22.4. The molecule has 0 unspecified atom stereocenters. The zero-order chi connectivity index (χ0) is 14.1. The second-order valence-electron chi connectivity index (χ2n) is 3.96. The fourth-order valence-corrected chi connectivity index (χ4v) is 1.45. The lowest BCUT2D eigenvalue weighted by Crippen LogP contribution is -2.32. The SMILES string of the molecule is COCCNC(=O)CNc1cccc(NC(C)=O)c1. The minimum Gasteiger partial charge on any atom is -0.383 e. The van der Waals surface area contributed by atoms with E-state index < -0.39 is 0 Å². The van der Waals surface area contributed by atoms with E-state index in [-0.39, 0.29) is 18.4 Å². The van der Waals surface area contributed by atoms with Gasteiger partial charge in [0.05, 0.1) is 13.2 Å².